The number of hydrogen-bond acceptors (Lipinski definition) is 2. The zero-order valence-electron chi connectivity index (χ0n) is 14.2. The highest BCUT2D eigenvalue weighted by molar-refractivity contribution is 5.52. The number of nitrogens with zero attached hydrogens (tertiary/aromatic N) is 1. The van der Waals surface area contributed by atoms with Crippen LogP contribution in [0.25, 0.3) is 0 Å². The highest BCUT2D eigenvalue weighted by Gasteiger charge is 2.55. The van der Waals surface area contributed by atoms with E-state index < -0.39 is 0 Å². The molecule has 1 aromatic carbocycles. The molecule has 2 heterocycles. The summed E-state index contributed by atoms with van der Waals surface area (Å²) in [6.07, 6.45) is 12.6. The summed E-state index contributed by atoms with van der Waals surface area (Å²) in [4.78, 5) is 2.62. The molecule has 0 bridgehead atoms. The van der Waals surface area contributed by atoms with Gasteiger partial charge in [0.2, 0.25) is 0 Å². The fraction of sp³-hybridized carbons (Fsp3) is 0.429. The molecular weight excluding hydrogens is 280 g/mol. The molecule has 1 unspecified atom stereocenters. The molecule has 0 amide bonds. The molecule has 2 nitrogen and oxygen atoms in total. The molecule has 0 radical (unpaired) electrons. The van der Waals surface area contributed by atoms with Crippen LogP contribution < -0.4 is 5.32 Å². The Balaban J connectivity index is 1.87. The van der Waals surface area contributed by atoms with Crippen molar-refractivity contribution in [1.82, 2.24) is 10.2 Å². The molecule has 23 heavy (non-hydrogen) atoms. The van der Waals surface area contributed by atoms with Gasteiger partial charge in [0.1, 0.15) is 5.66 Å². The van der Waals surface area contributed by atoms with Crippen molar-refractivity contribution in [2.75, 3.05) is 13.1 Å². The van der Waals surface area contributed by atoms with E-state index in [1.54, 1.807) is 11.3 Å². The van der Waals surface area contributed by atoms with Crippen molar-refractivity contribution in [3.8, 4) is 0 Å². The van der Waals surface area contributed by atoms with E-state index in [1.807, 2.05) is 0 Å². The molecule has 120 valence electrons. The van der Waals surface area contributed by atoms with Crippen LogP contribution >= 0.6 is 0 Å². The number of rotatable bonds is 2. The van der Waals surface area contributed by atoms with Gasteiger partial charge < -0.3 is 4.90 Å². The van der Waals surface area contributed by atoms with Gasteiger partial charge in [-0.25, -0.2) is 0 Å². The molecule has 0 aromatic heterocycles. The van der Waals surface area contributed by atoms with E-state index in [0.29, 0.717) is 5.92 Å². The van der Waals surface area contributed by atoms with Gasteiger partial charge in [-0.2, -0.15) is 0 Å². The Hall–Kier alpha value is -1.80. The molecule has 2 aliphatic heterocycles. The van der Waals surface area contributed by atoms with Crippen LogP contribution in [0.2, 0.25) is 0 Å². The Kier molecular flexibility index (Phi) is 3.65. The molecule has 1 aliphatic carbocycles. The predicted octanol–water partition coefficient (Wildman–Crippen LogP) is 4.12. The highest BCUT2D eigenvalue weighted by atomic mass is 15.4. The minimum absolute atomic E-state index is 0.0824. The van der Waals surface area contributed by atoms with Crippen molar-refractivity contribution in [1.29, 1.82) is 0 Å². The summed E-state index contributed by atoms with van der Waals surface area (Å²) >= 11 is 0. The molecule has 2 atom stereocenters. The van der Waals surface area contributed by atoms with Gasteiger partial charge in [-0.1, -0.05) is 55.5 Å². The molecule has 1 N–H and O–H groups in total. The second-order valence-corrected chi connectivity index (χ2v) is 6.91. The maximum Gasteiger partial charge on any atom is 0.142 e. The van der Waals surface area contributed by atoms with Crippen molar-refractivity contribution >= 4 is 0 Å². The molecule has 0 fully saturated rings. The van der Waals surface area contributed by atoms with E-state index >= 15 is 0 Å². The van der Waals surface area contributed by atoms with E-state index in [2.05, 4.69) is 72.6 Å². The third kappa shape index (κ3) is 2.05. The first-order valence-corrected chi connectivity index (χ1v) is 8.89. The third-order valence-corrected chi connectivity index (χ3v) is 5.65. The standard InChI is InChI=1S/C21H26N2/c1-3-4-15-23-20-16(2)12-13-19(20)21(23)18-11-6-5-9-17(18)10-7-8-14-22-21/h3-9,11,16,22H,10,12-15H2,1-2H3/b4-3-,8-7-/t16?,21-/m0/s1. The minimum atomic E-state index is -0.0824. The average Bonchev–Trinajstić information content (AvgIpc) is 2.87. The molecule has 2 heteroatoms. The average molecular weight is 306 g/mol. The molecule has 1 spiro atoms. The molecule has 0 saturated heterocycles. The Morgan fingerprint density at radius 1 is 1.30 bits per heavy atom. The molecule has 3 aliphatic rings. The van der Waals surface area contributed by atoms with Crippen LogP contribution in [0.15, 0.2) is 59.8 Å². The first kappa shape index (κ1) is 14.8. The van der Waals surface area contributed by atoms with Crippen molar-refractivity contribution in [3.63, 3.8) is 0 Å². The summed E-state index contributed by atoms with van der Waals surface area (Å²) in [6.45, 7) is 6.42. The summed E-state index contributed by atoms with van der Waals surface area (Å²) in [5.74, 6) is 0.691. The Labute approximate surface area is 139 Å². The van der Waals surface area contributed by atoms with Gasteiger partial charge >= 0.3 is 0 Å². The molecule has 0 saturated carbocycles. The van der Waals surface area contributed by atoms with Gasteiger partial charge in [0, 0.05) is 24.4 Å². The van der Waals surface area contributed by atoms with E-state index in [9.17, 15) is 0 Å². The summed E-state index contributed by atoms with van der Waals surface area (Å²) in [5, 5.41) is 3.89. The maximum atomic E-state index is 3.89. The lowest BCUT2D eigenvalue weighted by Gasteiger charge is -2.57. The van der Waals surface area contributed by atoms with Gasteiger partial charge in [0.05, 0.1) is 0 Å². The van der Waals surface area contributed by atoms with Crippen molar-refractivity contribution in [3.05, 3.63) is 71.0 Å². The van der Waals surface area contributed by atoms with Gasteiger partial charge in [0.15, 0.2) is 0 Å². The largest absolute Gasteiger partial charge is 0.345 e. The number of benzene rings is 1. The van der Waals surface area contributed by atoms with Gasteiger partial charge in [-0.15, -0.1) is 0 Å². The van der Waals surface area contributed by atoms with Crippen LogP contribution in [0.5, 0.6) is 0 Å². The second kappa shape index (κ2) is 5.68. The monoisotopic (exact) mass is 306 g/mol. The smallest absolute Gasteiger partial charge is 0.142 e. The summed E-state index contributed by atoms with van der Waals surface area (Å²) in [5.41, 5.74) is 6.06. The normalized spacial score (nSPS) is 30.9. The highest BCUT2D eigenvalue weighted by Crippen LogP contribution is 2.56. The van der Waals surface area contributed by atoms with E-state index in [-0.39, 0.29) is 5.66 Å². The van der Waals surface area contributed by atoms with Crippen LogP contribution in [0.3, 0.4) is 0 Å². The molecular formula is C21H26N2. The summed E-state index contributed by atoms with van der Waals surface area (Å²) in [6, 6.07) is 8.98. The third-order valence-electron chi connectivity index (χ3n) is 5.65. The number of allylic oxidation sites excluding steroid dienone is 3. The number of nitrogens with one attached hydrogen (secondary N) is 1. The number of hydrogen-bond donors (Lipinski definition) is 1. The van der Waals surface area contributed by atoms with Gasteiger partial charge in [-0.05, 0) is 43.2 Å². The molecule has 4 rings (SSSR count). The van der Waals surface area contributed by atoms with Gasteiger partial charge in [-0.3, -0.25) is 5.32 Å². The Bertz CT molecular complexity index is 698. The summed E-state index contributed by atoms with van der Waals surface area (Å²) in [7, 11) is 0. The first-order valence-electron chi connectivity index (χ1n) is 8.89. The van der Waals surface area contributed by atoms with Crippen molar-refractivity contribution in [2.24, 2.45) is 5.92 Å². The lowest BCUT2D eigenvalue weighted by molar-refractivity contribution is 0.0798. The van der Waals surface area contributed by atoms with Crippen LogP contribution in [0, 0.1) is 5.92 Å². The lowest BCUT2D eigenvalue weighted by atomic mass is 9.77. The zero-order chi connectivity index (χ0) is 15.9. The van der Waals surface area contributed by atoms with Crippen molar-refractivity contribution in [2.45, 2.75) is 38.8 Å². The fourth-order valence-electron chi connectivity index (χ4n) is 4.61. The van der Waals surface area contributed by atoms with Crippen LogP contribution in [-0.2, 0) is 12.1 Å². The maximum absolute atomic E-state index is 3.89. The molecule has 1 aromatic rings. The van der Waals surface area contributed by atoms with E-state index in [1.165, 1.54) is 24.0 Å². The minimum Gasteiger partial charge on any atom is -0.345 e. The summed E-state index contributed by atoms with van der Waals surface area (Å²) < 4.78 is 0. The zero-order valence-corrected chi connectivity index (χ0v) is 14.2. The van der Waals surface area contributed by atoms with Gasteiger partial charge in [0.25, 0.3) is 0 Å². The first-order chi connectivity index (χ1) is 11.3. The lowest BCUT2D eigenvalue weighted by Crippen LogP contribution is -2.64. The van der Waals surface area contributed by atoms with Crippen molar-refractivity contribution < 1.29 is 0 Å². The Morgan fingerprint density at radius 3 is 3.04 bits per heavy atom. The number of likely N-dealkylation sites (tertiary alicyclic amines) is 1. The van der Waals surface area contributed by atoms with E-state index in [4.69, 9.17) is 0 Å². The Morgan fingerprint density at radius 2 is 2.17 bits per heavy atom. The fourth-order valence-corrected chi connectivity index (χ4v) is 4.61. The number of fused-ring (bicyclic) bond motifs is 3. The topological polar surface area (TPSA) is 15.3 Å². The predicted molar refractivity (Wildman–Crippen MR) is 95.9 cm³/mol. The van der Waals surface area contributed by atoms with E-state index in [0.717, 1.165) is 19.5 Å². The van der Waals surface area contributed by atoms with Crippen LogP contribution in [-0.4, -0.2) is 18.0 Å². The SMILES string of the molecule is C/C=C\CN1C2=C(CCC2C)[C@@]12NC/C=C\Cc1ccccc12. The quantitative estimate of drug-likeness (QED) is 0.827. The van der Waals surface area contributed by atoms with Crippen LogP contribution in [0.1, 0.15) is 37.8 Å². The van der Waals surface area contributed by atoms with Crippen LogP contribution in [0.4, 0.5) is 0 Å². The second-order valence-electron chi connectivity index (χ2n) is 6.91.